The summed E-state index contributed by atoms with van der Waals surface area (Å²) in [6.45, 7) is 0. The lowest BCUT2D eigenvalue weighted by Gasteiger charge is -2.04. The number of aromatic nitrogens is 6. The lowest BCUT2D eigenvalue weighted by molar-refractivity contribution is -0.347. The second-order valence-corrected chi connectivity index (χ2v) is 13.1. The summed E-state index contributed by atoms with van der Waals surface area (Å²) in [6.07, 6.45) is 7.32. The van der Waals surface area contributed by atoms with Crippen LogP contribution in [0.3, 0.4) is 0 Å². The first-order valence-electron chi connectivity index (χ1n) is 12.4. The SMILES string of the molecule is CS(C)=O.CS(C)=O.Nc1nnc(-c2cccc(Cl)c2Cl)c(N)[nH+]1.Nc1nnc(-c2cccc(Cl)c2Cl)c(N)[nH+]1.O=C([O-])/C=C/C(=O)[O-]. The van der Waals surface area contributed by atoms with Crippen LogP contribution in [-0.4, -0.2) is 65.8 Å². The zero-order valence-corrected chi connectivity index (χ0v) is 30.2. The molecule has 0 fully saturated rings. The number of carbonyl (C=O) groups excluding carboxylic acids is 2. The first-order chi connectivity index (χ1) is 22.3. The third kappa shape index (κ3) is 17.6. The highest BCUT2D eigenvalue weighted by atomic mass is 35.5. The van der Waals surface area contributed by atoms with Crippen molar-refractivity contribution in [3.8, 4) is 22.5 Å². The van der Waals surface area contributed by atoms with E-state index in [1.165, 1.54) is 0 Å². The summed E-state index contributed by atoms with van der Waals surface area (Å²) in [5.41, 5.74) is 24.3. The Bertz CT molecular complexity index is 1650. The van der Waals surface area contributed by atoms with Crippen LogP contribution in [-0.2, 0) is 31.2 Å². The molecule has 22 heteroatoms. The number of carbonyl (C=O) groups is 2. The van der Waals surface area contributed by atoms with E-state index >= 15 is 0 Å². The number of rotatable bonds is 4. The number of hydrogen-bond donors (Lipinski definition) is 4. The van der Waals surface area contributed by atoms with Crippen LogP contribution in [0.1, 0.15) is 0 Å². The van der Waals surface area contributed by atoms with Crippen molar-refractivity contribution in [2.45, 2.75) is 0 Å². The van der Waals surface area contributed by atoms with Crippen molar-refractivity contribution in [1.82, 2.24) is 20.4 Å². The topological polar surface area (TPSA) is 298 Å². The second kappa shape index (κ2) is 22.4. The summed E-state index contributed by atoms with van der Waals surface area (Å²) in [5, 5.41) is 35.5. The van der Waals surface area contributed by atoms with E-state index < -0.39 is 33.5 Å². The van der Waals surface area contributed by atoms with Gasteiger partial charge in [-0.1, -0.05) is 80.9 Å². The van der Waals surface area contributed by atoms with Crippen LogP contribution >= 0.6 is 46.4 Å². The zero-order valence-electron chi connectivity index (χ0n) is 25.5. The Labute approximate surface area is 299 Å². The van der Waals surface area contributed by atoms with Crippen molar-refractivity contribution < 1.29 is 38.2 Å². The molecular weight excluding hydrogens is 754 g/mol. The van der Waals surface area contributed by atoms with E-state index in [1.54, 1.807) is 61.4 Å². The Morgan fingerprint density at radius 2 is 0.938 bits per heavy atom. The van der Waals surface area contributed by atoms with Gasteiger partial charge < -0.3 is 42.7 Å². The van der Waals surface area contributed by atoms with Crippen LogP contribution in [0.2, 0.25) is 20.1 Å². The van der Waals surface area contributed by atoms with Crippen molar-refractivity contribution in [1.29, 1.82) is 0 Å². The number of benzene rings is 2. The minimum absolute atomic E-state index is 0.138. The number of H-pyrrole nitrogens is 2. The Hall–Kier alpha value is -4.20. The molecule has 4 aromatic rings. The average Bonchev–Trinajstić information content (AvgIpc) is 2.96. The summed E-state index contributed by atoms with van der Waals surface area (Å²) in [6, 6.07) is 10.4. The van der Waals surface area contributed by atoms with Gasteiger partial charge in [0.1, 0.15) is 0 Å². The molecule has 0 amide bonds. The number of carboxylic acid groups (broad SMARTS) is 2. The molecule has 10 N–H and O–H groups in total. The number of nitrogens with two attached hydrogens (primary N) is 4. The van der Waals surface area contributed by atoms with E-state index in [1.807, 2.05) is 0 Å². The molecule has 2 heterocycles. The Morgan fingerprint density at radius 1 is 0.646 bits per heavy atom. The van der Waals surface area contributed by atoms with Gasteiger partial charge in [-0.3, -0.25) is 8.42 Å². The van der Waals surface area contributed by atoms with E-state index in [2.05, 4.69) is 30.4 Å². The summed E-state index contributed by atoms with van der Waals surface area (Å²) < 4.78 is 19.1. The molecule has 0 aliphatic carbocycles. The molecule has 260 valence electrons. The number of nitrogens with one attached hydrogen (secondary N) is 2. The fraction of sp³-hybridized carbons (Fsp3) is 0.154. The van der Waals surface area contributed by atoms with Gasteiger partial charge in [0.15, 0.2) is 11.4 Å². The van der Waals surface area contributed by atoms with Crippen molar-refractivity contribution in [3.63, 3.8) is 0 Å². The van der Waals surface area contributed by atoms with Crippen molar-refractivity contribution >= 4 is 103 Å². The van der Waals surface area contributed by atoms with E-state index in [-0.39, 0.29) is 23.5 Å². The zero-order chi connectivity index (χ0) is 37.1. The molecule has 2 aromatic heterocycles. The van der Waals surface area contributed by atoms with Crippen LogP contribution in [0.5, 0.6) is 0 Å². The Morgan fingerprint density at radius 3 is 1.19 bits per heavy atom. The number of nitrogen functional groups attached to an aromatic ring is 4. The van der Waals surface area contributed by atoms with Crippen LogP contribution in [0.25, 0.3) is 22.5 Å². The maximum atomic E-state index is 9.56. The molecule has 0 unspecified atom stereocenters. The van der Waals surface area contributed by atoms with Gasteiger partial charge in [-0.15, -0.1) is 0 Å². The summed E-state index contributed by atoms with van der Waals surface area (Å²) >= 11 is 23.9. The van der Waals surface area contributed by atoms with Gasteiger partial charge in [-0.2, -0.15) is 0 Å². The number of carboxylic acids is 2. The van der Waals surface area contributed by atoms with Gasteiger partial charge in [0.05, 0.1) is 32.0 Å². The van der Waals surface area contributed by atoms with Crippen molar-refractivity contribution in [3.05, 3.63) is 68.6 Å². The minimum atomic E-state index is -1.55. The molecule has 4 rings (SSSR count). The number of aliphatic carboxylic acids is 2. The smallest absolute Gasteiger partial charge is 0.364 e. The van der Waals surface area contributed by atoms with E-state index in [4.69, 9.17) is 69.3 Å². The Balaban J connectivity index is 0.000000646. The molecule has 48 heavy (non-hydrogen) atoms. The molecule has 0 spiro atoms. The predicted octanol–water partition coefficient (Wildman–Crippen LogP) is -0.110. The van der Waals surface area contributed by atoms with Crippen molar-refractivity contribution in [2.75, 3.05) is 48.0 Å². The van der Waals surface area contributed by atoms with Crippen LogP contribution in [0, 0.1) is 0 Å². The lowest BCUT2D eigenvalue weighted by Crippen LogP contribution is -2.23. The Kier molecular flexibility index (Phi) is 20.4. The molecular formula is C26H30Cl4N10O6S2. The van der Waals surface area contributed by atoms with Gasteiger partial charge in [0.2, 0.25) is 11.6 Å². The fourth-order valence-electron chi connectivity index (χ4n) is 2.67. The van der Waals surface area contributed by atoms with E-state index in [0.717, 1.165) is 0 Å². The number of nitrogens with zero attached hydrogens (tertiary/aromatic N) is 4. The molecule has 0 atom stereocenters. The predicted molar refractivity (Wildman–Crippen MR) is 185 cm³/mol. The van der Waals surface area contributed by atoms with Crippen LogP contribution in [0.15, 0.2) is 48.6 Å². The maximum Gasteiger partial charge on any atom is 0.364 e. The third-order valence-electron chi connectivity index (χ3n) is 4.32. The van der Waals surface area contributed by atoms with E-state index in [0.29, 0.717) is 54.8 Å². The number of aromatic amines is 2. The standard InChI is InChI=1S/2C9H7Cl2N5.C4H4O4.2C2H6OS/c2*10-5-3-1-2-4(6(5)11)7-8(12)14-9(13)16-15-7;5-3(6)1-2-4(7)8;2*1-4(2)3/h2*1-3H,(H4,12,13,14,16);1-2H,(H,5,6)(H,7,8);2*1-2H3/b;;2-1+;;. The molecule has 2 aromatic carbocycles. The molecule has 0 aliphatic heterocycles. The molecule has 0 radical (unpaired) electrons. The van der Waals surface area contributed by atoms with Crippen LogP contribution in [0.4, 0.5) is 23.5 Å². The van der Waals surface area contributed by atoms with Gasteiger partial charge in [-0.25, -0.2) is 9.97 Å². The normalized spacial score (nSPS) is 9.96. The van der Waals surface area contributed by atoms with E-state index in [9.17, 15) is 28.2 Å². The fourth-order valence-corrected chi connectivity index (χ4v) is 3.45. The maximum absolute atomic E-state index is 9.56. The third-order valence-corrected chi connectivity index (χ3v) is 5.96. The number of hydrogen-bond acceptors (Lipinski definition) is 14. The first-order valence-corrected chi connectivity index (χ1v) is 17.8. The highest BCUT2D eigenvalue weighted by molar-refractivity contribution is 7.83. The van der Waals surface area contributed by atoms with Crippen LogP contribution < -0.4 is 43.1 Å². The van der Waals surface area contributed by atoms with Crippen molar-refractivity contribution in [2.24, 2.45) is 0 Å². The molecule has 16 nitrogen and oxygen atoms in total. The van der Waals surface area contributed by atoms with Gasteiger partial charge in [0.25, 0.3) is 0 Å². The quantitative estimate of drug-likeness (QED) is 0.196. The largest absolute Gasteiger partial charge is 0.545 e. The van der Waals surface area contributed by atoms with Gasteiger partial charge in [-0.05, 0) is 24.3 Å². The molecule has 0 aliphatic rings. The molecule has 0 saturated heterocycles. The van der Waals surface area contributed by atoms with Gasteiger partial charge >= 0.3 is 11.9 Å². The first kappa shape index (κ1) is 43.8. The number of halogens is 4. The lowest BCUT2D eigenvalue weighted by atomic mass is 10.1. The summed E-state index contributed by atoms with van der Waals surface area (Å²) in [5.74, 6) is -2.24. The van der Waals surface area contributed by atoms with Gasteiger partial charge in [0, 0.05) is 67.9 Å². The second-order valence-electron chi connectivity index (χ2n) is 8.60. The molecule has 0 saturated carbocycles. The monoisotopic (exact) mass is 782 g/mol. The highest BCUT2D eigenvalue weighted by Crippen LogP contribution is 2.34. The summed E-state index contributed by atoms with van der Waals surface area (Å²) in [7, 11) is -1.22. The average molecular weight is 785 g/mol. The molecule has 0 bridgehead atoms. The summed E-state index contributed by atoms with van der Waals surface area (Å²) in [4.78, 5) is 24.2. The highest BCUT2D eigenvalue weighted by Gasteiger charge is 2.16. The minimum Gasteiger partial charge on any atom is -0.545 e. The number of anilines is 4.